The number of carboxylic acid groups (broad SMARTS) is 2. The standard InChI is InChI=1S/C6H13NO2.C4H9NO2.2K/c1-3-6(2,4-7)5(8)9;1-3(2-5)4(6)7;;/h3-4,7H2,1-2H3,(H,8,9);3H,2,5H2,1H3,(H,6,7);;/q;;2*+1/p-2. The van der Waals surface area contributed by atoms with Crippen LogP contribution in [0.1, 0.15) is 27.2 Å². The van der Waals surface area contributed by atoms with Crippen LogP contribution < -0.4 is 124 Å². The van der Waals surface area contributed by atoms with Crippen LogP contribution in [0.5, 0.6) is 0 Å². The van der Waals surface area contributed by atoms with Gasteiger partial charge >= 0.3 is 103 Å². The smallest absolute Gasteiger partial charge is 0.550 e. The topological polar surface area (TPSA) is 132 Å². The molecule has 0 bridgehead atoms. The Hall–Kier alpha value is 2.13. The molecule has 6 nitrogen and oxygen atoms in total. The molecule has 8 heteroatoms. The SMILES string of the molecule is CC(CN)C(=O)[O-].CCC(C)(CN)C(=O)[O-].[K+].[K+]. The largest absolute Gasteiger partial charge is 1.00 e. The number of nitrogens with two attached hydrogens (primary N) is 2. The van der Waals surface area contributed by atoms with E-state index in [4.69, 9.17) is 11.5 Å². The summed E-state index contributed by atoms with van der Waals surface area (Å²) < 4.78 is 0. The fourth-order valence-electron chi connectivity index (χ4n) is 0.468. The van der Waals surface area contributed by atoms with Gasteiger partial charge in [0.25, 0.3) is 0 Å². The first-order valence-electron chi connectivity index (χ1n) is 5.07. The van der Waals surface area contributed by atoms with Crippen LogP contribution in [0.25, 0.3) is 0 Å². The molecule has 0 aliphatic carbocycles. The maximum Gasteiger partial charge on any atom is 1.00 e. The third kappa shape index (κ3) is 13.1. The minimum Gasteiger partial charge on any atom is -0.550 e. The molecular formula is C10H20K2N2O4. The Morgan fingerprint density at radius 2 is 1.61 bits per heavy atom. The second kappa shape index (κ2) is 15.5. The molecule has 96 valence electrons. The summed E-state index contributed by atoms with van der Waals surface area (Å²) in [5.41, 5.74) is 9.32. The van der Waals surface area contributed by atoms with Crippen molar-refractivity contribution in [2.75, 3.05) is 13.1 Å². The quantitative estimate of drug-likeness (QED) is 0.485. The van der Waals surface area contributed by atoms with Crippen molar-refractivity contribution in [1.29, 1.82) is 0 Å². The Morgan fingerprint density at radius 3 is 1.61 bits per heavy atom. The molecular weight excluding hydrogens is 290 g/mol. The zero-order chi connectivity index (χ0) is 13.4. The van der Waals surface area contributed by atoms with Crippen LogP contribution in [0, 0.1) is 11.3 Å². The van der Waals surface area contributed by atoms with Gasteiger partial charge in [0.15, 0.2) is 0 Å². The van der Waals surface area contributed by atoms with E-state index in [9.17, 15) is 19.8 Å². The first-order chi connectivity index (χ1) is 7.25. The zero-order valence-electron chi connectivity index (χ0n) is 12.0. The van der Waals surface area contributed by atoms with Crippen LogP contribution in [0.3, 0.4) is 0 Å². The molecule has 0 aromatic rings. The van der Waals surface area contributed by atoms with Crippen LogP contribution in [0.4, 0.5) is 0 Å². The molecule has 2 atom stereocenters. The molecule has 0 amide bonds. The van der Waals surface area contributed by atoms with Gasteiger partial charge in [0, 0.05) is 36.4 Å². The molecule has 2 unspecified atom stereocenters. The monoisotopic (exact) mass is 310 g/mol. The van der Waals surface area contributed by atoms with E-state index in [1.165, 1.54) is 6.92 Å². The summed E-state index contributed by atoms with van der Waals surface area (Å²) in [4.78, 5) is 20.0. The second-order valence-electron chi connectivity index (χ2n) is 3.86. The van der Waals surface area contributed by atoms with E-state index in [2.05, 4.69) is 0 Å². The van der Waals surface area contributed by atoms with Gasteiger partial charge in [-0.25, -0.2) is 0 Å². The van der Waals surface area contributed by atoms with Gasteiger partial charge < -0.3 is 31.3 Å². The Bertz CT molecular complexity index is 236. The fraction of sp³-hybridized carbons (Fsp3) is 0.800. The number of aliphatic carboxylic acids is 2. The van der Waals surface area contributed by atoms with Crippen molar-refractivity contribution >= 4 is 11.9 Å². The molecule has 0 aliphatic heterocycles. The van der Waals surface area contributed by atoms with Crippen LogP contribution in [0.2, 0.25) is 0 Å². The summed E-state index contributed by atoms with van der Waals surface area (Å²) in [7, 11) is 0. The summed E-state index contributed by atoms with van der Waals surface area (Å²) >= 11 is 0. The first-order valence-corrected chi connectivity index (χ1v) is 5.07. The number of carboxylic acids is 2. The number of hydrogen-bond acceptors (Lipinski definition) is 6. The number of rotatable bonds is 5. The Morgan fingerprint density at radius 1 is 1.22 bits per heavy atom. The number of hydrogen-bond donors (Lipinski definition) is 2. The van der Waals surface area contributed by atoms with Gasteiger partial charge in [-0.05, 0) is 6.42 Å². The van der Waals surface area contributed by atoms with Gasteiger partial charge in [0.1, 0.15) is 0 Å². The van der Waals surface area contributed by atoms with Crippen molar-refractivity contribution in [3.05, 3.63) is 0 Å². The summed E-state index contributed by atoms with van der Waals surface area (Å²) in [6.07, 6.45) is 0.520. The van der Waals surface area contributed by atoms with Crippen molar-refractivity contribution in [2.45, 2.75) is 27.2 Å². The van der Waals surface area contributed by atoms with Crippen LogP contribution >= 0.6 is 0 Å². The Kier molecular flexibility index (Phi) is 24.4. The van der Waals surface area contributed by atoms with Crippen molar-refractivity contribution in [3.8, 4) is 0 Å². The van der Waals surface area contributed by atoms with E-state index in [0.29, 0.717) is 6.42 Å². The summed E-state index contributed by atoms with van der Waals surface area (Å²) in [5, 5.41) is 20.0. The van der Waals surface area contributed by atoms with Gasteiger partial charge in [-0.15, -0.1) is 0 Å². The van der Waals surface area contributed by atoms with Gasteiger partial charge in [0.05, 0.1) is 0 Å². The molecule has 18 heavy (non-hydrogen) atoms. The molecule has 0 radical (unpaired) electrons. The minimum atomic E-state index is -1.08. The predicted octanol–water partition coefficient (Wildman–Crippen LogP) is -8.55. The van der Waals surface area contributed by atoms with Gasteiger partial charge in [-0.2, -0.15) is 0 Å². The molecule has 0 aromatic heterocycles. The van der Waals surface area contributed by atoms with Crippen molar-refractivity contribution in [3.63, 3.8) is 0 Å². The number of carbonyl (C=O) groups excluding carboxylic acids is 2. The van der Waals surface area contributed by atoms with Crippen molar-refractivity contribution in [1.82, 2.24) is 0 Å². The van der Waals surface area contributed by atoms with Crippen molar-refractivity contribution < 1.29 is 123 Å². The molecule has 0 saturated carbocycles. The van der Waals surface area contributed by atoms with Crippen molar-refractivity contribution in [2.24, 2.45) is 22.8 Å². The van der Waals surface area contributed by atoms with Crippen LogP contribution in [-0.2, 0) is 9.59 Å². The van der Waals surface area contributed by atoms with Crippen LogP contribution in [0.15, 0.2) is 0 Å². The molecule has 0 rings (SSSR count). The summed E-state index contributed by atoms with van der Waals surface area (Å²) in [6.45, 7) is 5.18. The molecule has 0 spiro atoms. The molecule has 0 aliphatic rings. The predicted molar refractivity (Wildman–Crippen MR) is 55.7 cm³/mol. The summed E-state index contributed by atoms with van der Waals surface area (Å²) in [6, 6.07) is 0. The van der Waals surface area contributed by atoms with Crippen LogP contribution in [-0.4, -0.2) is 25.0 Å². The van der Waals surface area contributed by atoms with E-state index in [-0.39, 0.29) is 116 Å². The molecule has 0 heterocycles. The minimum absolute atomic E-state index is 0. The Balaban J connectivity index is -0.000000100. The maximum absolute atomic E-state index is 10.3. The maximum atomic E-state index is 10.3. The van der Waals surface area contributed by atoms with E-state index in [1.54, 1.807) is 13.8 Å². The van der Waals surface area contributed by atoms with Gasteiger partial charge in [-0.1, -0.05) is 20.8 Å². The number of carbonyl (C=O) groups is 2. The zero-order valence-corrected chi connectivity index (χ0v) is 18.2. The summed E-state index contributed by atoms with van der Waals surface area (Å²) in [5.74, 6) is -2.66. The molecule has 0 aromatic carbocycles. The average molecular weight is 310 g/mol. The third-order valence-corrected chi connectivity index (χ3v) is 2.48. The first kappa shape index (κ1) is 28.3. The third-order valence-electron chi connectivity index (χ3n) is 2.48. The van der Waals surface area contributed by atoms with E-state index in [1.807, 2.05) is 0 Å². The van der Waals surface area contributed by atoms with E-state index in [0.717, 1.165) is 0 Å². The molecule has 0 saturated heterocycles. The van der Waals surface area contributed by atoms with Gasteiger partial charge in [0.2, 0.25) is 0 Å². The van der Waals surface area contributed by atoms with Gasteiger partial charge in [-0.3, -0.25) is 0 Å². The normalized spacial score (nSPS) is 13.6. The molecule has 0 fully saturated rings. The second-order valence-corrected chi connectivity index (χ2v) is 3.86. The average Bonchev–Trinajstić information content (AvgIpc) is 2.27. The Labute approximate surface area is 193 Å². The van der Waals surface area contributed by atoms with E-state index < -0.39 is 23.3 Å². The van der Waals surface area contributed by atoms with E-state index >= 15 is 0 Å². The molecule has 4 N–H and O–H groups in total. The fourth-order valence-corrected chi connectivity index (χ4v) is 0.468.